The van der Waals surface area contributed by atoms with Crippen LogP contribution in [0.1, 0.15) is 95.8 Å². The minimum absolute atomic E-state index is 0.0298. The third-order valence-electron chi connectivity index (χ3n) is 21.6. The number of furan rings is 2. The molecule has 0 unspecified atom stereocenters. The van der Waals surface area contributed by atoms with E-state index in [1.165, 1.54) is 122 Å². The van der Waals surface area contributed by atoms with E-state index in [9.17, 15) is 0 Å². The second-order valence-electron chi connectivity index (χ2n) is 27.2. The number of benzene rings is 12. The summed E-state index contributed by atoms with van der Waals surface area (Å²) in [7, 11) is 0. The van der Waals surface area contributed by atoms with Gasteiger partial charge in [-0.15, -0.1) is 0 Å². The number of anilines is 3. The minimum Gasteiger partial charge on any atom is -0.456 e. The van der Waals surface area contributed by atoms with Crippen molar-refractivity contribution in [2.24, 2.45) is 0 Å². The van der Waals surface area contributed by atoms with Crippen LogP contribution in [0.5, 0.6) is 0 Å². The molecule has 0 saturated carbocycles. The highest BCUT2D eigenvalue weighted by atomic mass is 16.3. The van der Waals surface area contributed by atoms with Crippen molar-refractivity contribution in [2.45, 2.75) is 56.3 Å². The van der Waals surface area contributed by atoms with Crippen molar-refractivity contribution >= 4 is 60.9 Å². The summed E-state index contributed by atoms with van der Waals surface area (Å²) in [5, 5.41) is 4.60. The second-order valence-corrected chi connectivity index (χ2v) is 27.2. The summed E-state index contributed by atoms with van der Waals surface area (Å²) in [6.07, 6.45) is 3.76. The number of pyridine rings is 1. The van der Waals surface area contributed by atoms with Gasteiger partial charge in [-0.3, -0.25) is 4.98 Å². The fourth-order valence-electron chi connectivity index (χ4n) is 17.7. The Morgan fingerprint density at radius 2 is 0.800 bits per heavy atom. The van der Waals surface area contributed by atoms with Crippen molar-refractivity contribution in [1.29, 1.82) is 0 Å². The van der Waals surface area contributed by atoms with E-state index in [1.807, 2.05) is 12.4 Å². The van der Waals surface area contributed by atoms with E-state index in [-0.39, 0.29) is 10.8 Å². The molecule has 0 bridgehead atoms. The molecule has 0 saturated heterocycles. The number of hydrogen-bond acceptors (Lipinski definition) is 4. The van der Waals surface area contributed by atoms with Gasteiger partial charge in [-0.05, 0) is 213 Å². The lowest BCUT2D eigenvalue weighted by Gasteiger charge is -2.33. The molecule has 0 atom stereocenters. The van der Waals surface area contributed by atoms with Gasteiger partial charge >= 0.3 is 0 Å². The molecular formula is C86H58N2O2. The molecule has 0 aliphatic heterocycles. The molecular weight excluding hydrogens is 1090 g/mol. The number of nitrogens with zero attached hydrogens (tertiary/aromatic N) is 2. The van der Waals surface area contributed by atoms with Crippen molar-refractivity contribution in [3.05, 3.63) is 322 Å². The Kier molecular flexibility index (Phi) is 9.64. The zero-order valence-electron chi connectivity index (χ0n) is 50.5. The summed E-state index contributed by atoms with van der Waals surface area (Å²) >= 11 is 0. The van der Waals surface area contributed by atoms with Crippen molar-refractivity contribution in [2.75, 3.05) is 4.90 Å². The summed E-state index contributed by atoms with van der Waals surface area (Å²) in [5.41, 5.74) is 34.4. The summed E-state index contributed by atoms with van der Waals surface area (Å²) in [6.45, 7) is 11.7. The molecule has 3 heterocycles. The number of fused-ring (bicyclic) bond motifs is 31. The maximum absolute atomic E-state index is 6.89. The molecule has 15 aromatic rings. The van der Waals surface area contributed by atoms with Crippen molar-refractivity contribution in [3.8, 4) is 66.8 Å². The Morgan fingerprint density at radius 3 is 1.42 bits per heavy atom. The molecule has 5 aliphatic rings. The van der Waals surface area contributed by atoms with Crippen LogP contribution < -0.4 is 4.90 Å². The average molecular weight is 1150 g/mol. The van der Waals surface area contributed by atoms with Gasteiger partial charge in [-0.2, -0.15) is 0 Å². The highest BCUT2D eigenvalue weighted by Crippen LogP contribution is 2.69. The molecule has 0 fully saturated rings. The van der Waals surface area contributed by atoms with Crippen LogP contribution in [0.2, 0.25) is 0 Å². The number of aromatic nitrogens is 1. The summed E-state index contributed by atoms with van der Waals surface area (Å²) in [5.74, 6) is 0. The predicted molar refractivity (Wildman–Crippen MR) is 368 cm³/mol. The van der Waals surface area contributed by atoms with E-state index in [2.05, 4.69) is 293 Å². The lowest BCUT2D eigenvalue weighted by Crippen LogP contribution is -2.27. The molecule has 5 aliphatic carbocycles. The molecule has 90 heavy (non-hydrogen) atoms. The molecule has 0 N–H and O–H groups in total. The molecule has 0 radical (unpaired) electrons. The molecule has 20 rings (SSSR count). The van der Waals surface area contributed by atoms with Crippen LogP contribution in [0.25, 0.3) is 111 Å². The van der Waals surface area contributed by atoms with Gasteiger partial charge in [0.05, 0.1) is 10.8 Å². The molecule has 4 nitrogen and oxygen atoms in total. The zero-order chi connectivity index (χ0) is 59.7. The monoisotopic (exact) mass is 1150 g/mol. The van der Waals surface area contributed by atoms with E-state index in [0.717, 1.165) is 66.7 Å². The van der Waals surface area contributed by atoms with Gasteiger partial charge < -0.3 is 13.7 Å². The van der Waals surface area contributed by atoms with E-state index in [1.54, 1.807) is 0 Å². The predicted octanol–water partition coefficient (Wildman–Crippen LogP) is 22.3. The topological polar surface area (TPSA) is 42.4 Å². The van der Waals surface area contributed by atoms with Crippen LogP contribution in [0.15, 0.2) is 270 Å². The maximum atomic E-state index is 6.89. The van der Waals surface area contributed by atoms with Gasteiger partial charge in [-0.25, -0.2) is 0 Å². The van der Waals surface area contributed by atoms with Gasteiger partial charge in [0.1, 0.15) is 22.3 Å². The van der Waals surface area contributed by atoms with Crippen LogP contribution in [0.3, 0.4) is 0 Å². The smallest absolute Gasteiger partial charge is 0.143 e. The summed E-state index contributed by atoms with van der Waals surface area (Å²) in [4.78, 5) is 6.94. The number of para-hydroxylation sites is 2. The van der Waals surface area contributed by atoms with Crippen molar-refractivity contribution in [3.63, 3.8) is 0 Å². The van der Waals surface area contributed by atoms with Crippen LogP contribution in [0.4, 0.5) is 17.1 Å². The first-order chi connectivity index (χ1) is 44.0. The quantitative estimate of drug-likeness (QED) is 0.176. The Labute approximate surface area is 522 Å². The average Bonchev–Trinajstić information content (AvgIpc) is 1.49. The van der Waals surface area contributed by atoms with Crippen LogP contribution in [-0.2, 0) is 21.7 Å². The first kappa shape index (κ1) is 50.2. The lowest BCUT2D eigenvalue weighted by molar-refractivity contribution is 0.590. The Bertz CT molecular complexity index is 5600. The number of hydrogen-bond donors (Lipinski definition) is 0. The second kappa shape index (κ2) is 17.3. The normalized spacial score (nSPS) is 15.0. The summed E-state index contributed by atoms with van der Waals surface area (Å²) < 4.78 is 13.7. The first-order valence-electron chi connectivity index (χ1n) is 31.7. The van der Waals surface area contributed by atoms with Crippen LogP contribution >= 0.6 is 0 Å². The standard InChI is InChI=1S/C86H58N2O2/c1-83(2,3)50-30-32-51(33-31-50)88(52-35-37-59-70(44-52)84(4,5)74-46-62(49-40-42-87-43-41-49)82-81(78(59)74)61-23-11-17-29-76(61)90-82)53-34-36-58-63-47-73-64(48-72(63)86(71(58)45-53)67-26-14-8-20-56(67)57-21-9-15-27-68(57)86)79-69(38-39-77-80(79)60-22-10-16-28-75(60)89-77)85(73)65-24-12-6-18-54(65)55-19-7-13-25-66(55)85/h6-48H,1-5H3. The number of rotatable bonds is 4. The largest absolute Gasteiger partial charge is 0.456 e. The van der Waals surface area contributed by atoms with Gasteiger partial charge in [0.15, 0.2) is 0 Å². The Morgan fingerprint density at radius 1 is 0.333 bits per heavy atom. The SMILES string of the molecule is CC(C)(C)c1ccc(N(c2ccc3c(c2)C(C)(C)c2cc(-c4ccncc4)c4oc5ccccc5c4c2-3)c2ccc3c(c2)C2(c4ccccc4-c4ccccc42)c2cc4c(cc2-3)C2(c3ccccc3-c3ccccc32)c2ccc3oc5ccccc5c3c2-4)cc1. The highest BCUT2D eigenvalue weighted by Gasteiger charge is 2.57. The van der Waals surface area contributed by atoms with Crippen molar-refractivity contribution in [1.82, 2.24) is 4.98 Å². The van der Waals surface area contributed by atoms with Gasteiger partial charge in [0, 0.05) is 62.0 Å². The Hall–Kier alpha value is -10.8. The summed E-state index contributed by atoms with van der Waals surface area (Å²) in [6, 6.07) is 94.5. The first-order valence-corrected chi connectivity index (χ1v) is 31.7. The van der Waals surface area contributed by atoms with Crippen LogP contribution in [0, 0.1) is 0 Å². The third-order valence-corrected chi connectivity index (χ3v) is 21.6. The van der Waals surface area contributed by atoms with Crippen molar-refractivity contribution < 1.29 is 8.83 Å². The maximum Gasteiger partial charge on any atom is 0.143 e. The minimum atomic E-state index is -0.675. The molecule has 4 heteroatoms. The van der Waals surface area contributed by atoms with E-state index >= 15 is 0 Å². The van der Waals surface area contributed by atoms with Crippen LogP contribution in [-0.4, -0.2) is 4.98 Å². The Balaban J connectivity index is 0.857. The van der Waals surface area contributed by atoms with Gasteiger partial charge in [0.2, 0.25) is 0 Å². The van der Waals surface area contributed by atoms with Gasteiger partial charge in [-0.1, -0.05) is 198 Å². The molecule has 424 valence electrons. The lowest BCUT2D eigenvalue weighted by atomic mass is 9.68. The fraction of sp³-hybridized carbons (Fsp3) is 0.105. The van der Waals surface area contributed by atoms with E-state index in [4.69, 9.17) is 8.83 Å². The molecule has 3 aromatic heterocycles. The molecule has 0 amide bonds. The van der Waals surface area contributed by atoms with E-state index in [0.29, 0.717) is 0 Å². The fourth-order valence-corrected chi connectivity index (χ4v) is 17.7. The highest BCUT2D eigenvalue weighted by molar-refractivity contribution is 6.20. The molecule has 2 spiro atoms. The molecule has 12 aromatic carbocycles. The van der Waals surface area contributed by atoms with Gasteiger partial charge in [0.25, 0.3) is 0 Å². The van der Waals surface area contributed by atoms with E-state index < -0.39 is 10.8 Å². The zero-order valence-corrected chi connectivity index (χ0v) is 50.5. The third kappa shape index (κ3) is 6.14.